The number of fused-ring (bicyclic) bond motifs is 2. The fraction of sp³-hybridized carbons (Fsp3) is 0.450. The van der Waals surface area contributed by atoms with Gasteiger partial charge in [-0.2, -0.15) is 0 Å². The first-order valence-corrected chi connectivity index (χ1v) is 9.14. The molecule has 5 heteroatoms. The van der Waals surface area contributed by atoms with Crippen LogP contribution in [0.5, 0.6) is 0 Å². The Balaban J connectivity index is 1.31. The maximum absolute atomic E-state index is 12.4. The third-order valence-electron chi connectivity index (χ3n) is 5.36. The highest BCUT2D eigenvalue weighted by Gasteiger charge is 2.22. The average Bonchev–Trinajstić information content (AvgIpc) is 2.66. The number of rotatable bonds is 4. The van der Waals surface area contributed by atoms with Gasteiger partial charge in [-0.25, -0.2) is 9.97 Å². The van der Waals surface area contributed by atoms with Gasteiger partial charge in [0.2, 0.25) is 5.91 Å². The van der Waals surface area contributed by atoms with Gasteiger partial charge >= 0.3 is 0 Å². The number of benzene rings is 1. The molecule has 25 heavy (non-hydrogen) atoms. The van der Waals surface area contributed by atoms with Gasteiger partial charge in [0, 0.05) is 31.7 Å². The van der Waals surface area contributed by atoms with Crippen molar-refractivity contribution in [3.05, 3.63) is 59.2 Å². The van der Waals surface area contributed by atoms with Crippen molar-refractivity contribution in [1.29, 1.82) is 0 Å². The summed E-state index contributed by atoms with van der Waals surface area (Å²) in [5.74, 6) is 0.560. The molecular weight excluding hydrogens is 312 g/mol. The Labute approximate surface area is 148 Å². The van der Waals surface area contributed by atoms with Crippen LogP contribution in [-0.2, 0) is 24.2 Å². The Bertz CT molecular complexity index is 761. The Kier molecular flexibility index (Phi) is 4.74. The summed E-state index contributed by atoms with van der Waals surface area (Å²) in [4.78, 5) is 23.0. The van der Waals surface area contributed by atoms with Gasteiger partial charge in [0.05, 0.1) is 12.2 Å². The molecule has 1 atom stereocenters. The molecule has 1 unspecified atom stereocenters. The summed E-state index contributed by atoms with van der Waals surface area (Å²) in [6.07, 6.45) is 7.92. The van der Waals surface area contributed by atoms with Gasteiger partial charge in [-0.3, -0.25) is 9.69 Å². The Morgan fingerprint density at radius 3 is 3.12 bits per heavy atom. The van der Waals surface area contributed by atoms with E-state index in [0.29, 0.717) is 12.5 Å². The lowest BCUT2D eigenvalue weighted by Gasteiger charge is -2.28. The van der Waals surface area contributed by atoms with Crippen LogP contribution in [0.2, 0.25) is 0 Å². The number of nitrogens with zero attached hydrogens (tertiary/aromatic N) is 3. The zero-order chi connectivity index (χ0) is 17.1. The first-order valence-electron chi connectivity index (χ1n) is 9.14. The molecule has 2 aromatic rings. The molecule has 1 aliphatic carbocycles. The number of aryl methyl sites for hydroxylation is 1. The van der Waals surface area contributed by atoms with Gasteiger partial charge in [0.25, 0.3) is 0 Å². The molecule has 2 aliphatic rings. The zero-order valence-corrected chi connectivity index (χ0v) is 14.4. The van der Waals surface area contributed by atoms with Crippen LogP contribution >= 0.6 is 0 Å². The lowest BCUT2D eigenvalue weighted by molar-refractivity contribution is -0.122. The Hall–Kier alpha value is -2.27. The highest BCUT2D eigenvalue weighted by molar-refractivity contribution is 5.78. The fourth-order valence-electron chi connectivity index (χ4n) is 4.00. The summed E-state index contributed by atoms with van der Waals surface area (Å²) in [5.41, 5.74) is 5.12. The summed E-state index contributed by atoms with van der Waals surface area (Å²) in [5, 5.41) is 3.15. The number of aromatic nitrogens is 2. The Morgan fingerprint density at radius 2 is 2.16 bits per heavy atom. The second-order valence-corrected chi connectivity index (χ2v) is 7.05. The topological polar surface area (TPSA) is 58.1 Å². The minimum absolute atomic E-state index is 0.112. The molecule has 1 aromatic carbocycles. The second-order valence-electron chi connectivity index (χ2n) is 7.05. The first kappa shape index (κ1) is 16.2. The van der Waals surface area contributed by atoms with Crippen molar-refractivity contribution in [2.24, 2.45) is 0 Å². The molecule has 0 radical (unpaired) electrons. The normalized spacial score (nSPS) is 19.8. The molecule has 4 rings (SSSR count). The maximum Gasteiger partial charge on any atom is 0.234 e. The predicted molar refractivity (Wildman–Crippen MR) is 96.1 cm³/mol. The molecule has 0 saturated carbocycles. The summed E-state index contributed by atoms with van der Waals surface area (Å²) in [7, 11) is 0. The van der Waals surface area contributed by atoms with E-state index in [2.05, 4.69) is 44.5 Å². The van der Waals surface area contributed by atoms with Gasteiger partial charge in [0.1, 0.15) is 6.33 Å². The van der Waals surface area contributed by atoms with E-state index in [1.165, 1.54) is 23.1 Å². The van der Waals surface area contributed by atoms with E-state index >= 15 is 0 Å². The third kappa shape index (κ3) is 3.71. The second kappa shape index (κ2) is 7.31. The predicted octanol–water partition coefficient (Wildman–Crippen LogP) is 2.07. The number of carbonyl (C=O) groups is 1. The average molecular weight is 336 g/mol. The molecule has 1 amide bonds. The maximum atomic E-state index is 12.4. The summed E-state index contributed by atoms with van der Waals surface area (Å²) < 4.78 is 0. The van der Waals surface area contributed by atoms with E-state index in [4.69, 9.17) is 0 Å². The van der Waals surface area contributed by atoms with Crippen LogP contribution in [0.3, 0.4) is 0 Å². The summed E-state index contributed by atoms with van der Waals surface area (Å²) >= 11 is 0. The lowest BCUT2D eigenvalue weighted by Crippen LogP contribution is -2.41. The van der Waals surface area contributed by atoms with E-state index in [9.17, 15) is 4.79 Å². The molecule has 1 aromatic heterocycles. The molecule has 1 aliphatic heterocycles. The third-order valence-corrected chi connectivity index (χ3v) is 5.36. The van der Waals surface area contributed by atoms with Crippen molar-refractivity contribution in [3.63, 3.8) is 0 Å². The van der Waals surface area contributed by atoms with Crippen molar-refractivity contribution in [3.8, 4) is 0 Å². The lowest BCUT2D eigenvalue weighted by atomic mass is 9.83. The van der Waals surface area contributed by atoms with Crippen molar-refractivity contribution in [2.45, 2.75) is 38.1 Å². The number of hydrogen-bond acceptors (Lipinski definition) is 4. The molecule has 0 spiro atoms. The largest absolute Gasteiger partial charge is 0.354 e. The van der Waals surface area contributed by atoms with Crippen molar-refractivity contribution in [1.82, 2.24) is 20.2 Å². The van der Waals surface area contributed by atoms with Gasteiger partial charge < -0.3 is 5.32 Å². The minimum Gasteiger partial charge on any atom is -0.354 e. The molecule has 5 nitrogen and oxygen atoms in total. The van der Waals surface area contributed by atoms with E-state index in [-0.39, 0.29) is 5.91 Å². The molecule has 1 N–H and O–H groups in total. The van der Waals surface area contributed by atoms with Crippen LogP contribution in [0.25, 0.3) is 0 Å². The van der Waals surface area contributed by atoms with Gasteiger partial charge in [0.15, 0.2) is 0 Å². The van der Waals surface area contributed by atoms with Crippen LogP contribution in [0.1, 0.15) is 41.1 Å². The molecule has 0 fully saturated rings. The van der Waals surface area contributed by atoms with Crippen LogP contribution in [0.15, 0.2) is 36.8 Å². The number of nitrogens with one attached hydrogen (secondary N) is 1. The van der Waals surface area contributed by atoms with Crippen molar-refractivity contribution in [2.75, 3.05) is 19.6 Å². The van der Waals surface area contributed by atoms with Crippen LogP contribution < -0.4 is 5.32 Å². The smallest absolute Gasteiger partial charge is 0.234 e. The van der Waals surface area contributed by atoms with E-state index < -0.39 is 0 Å². The number of hydrogen-bond donors (Lipinski definition) is 1. The van der Waals surface area contributed by atoms with E-state index in [1.807, 2.05) is 6.20 Å². The molecular formula is C20H24N4O. The van der Waals surface area contributed by atoms with E-state index in [1.54, 1.807) is 6.33 Å². The fourth-order valence-corrected chi connectivity index (χ4v) is 4.00. The van der Waals surface area contributed by atoms with E-state index in [0.717, 1.165) is 44.6 Å². The van der Waals surface area contributed by atoms with Crippen molar-refractivity contribution >= 4 is 5.91 Å². The molecule has 0 bridgehead atoms. The van der Waals surface area contributed by atoms with Gasteiger partial charge in [-0.05, 0) is 42.4 Å². The summed E-state index contributed by atoms with van der Waals surface area (Å²) in [6.45, 7) is 2.80. The van der Waals surface area contributed by atoms with Gasteiger partial charge in [-0.1, -0.05) is 24.3 Å². The van der Waals surface area contributed by atoms with Crippen LogP contribution in [0, 0.1) is 0 Å². The molecule has 2 heterocycles. The minimum atomic E-state index is 0.112. The first-order chi connectivity index (χ1) is 12.3. The standard InChI is InChI=1S/C20H24N4O/c25-20(13-24-9-8-17-10-21-14-23-19(17)12-24)22-11-16-6-3-5-15-4-1-2-7-18(15)16/h1-2,4,7,10,14,16H,3,5-6,8-9,11-13H2,(H,22,25). The highest BCUT2D eigenvalue weighted by atomic mass is 16.2. The van der Waals surface area contributed by atoms with Gasteiger partial charge in [-0.15, -0.1) is 0 Å². The number of amides is 1. The highest BCUT2D eigenvalue weighted by Crippen LogP contribution is 2.30. The van der Waals surface area contributed by atoms with Crippen LogP contribution in [0.4, 0.5) is 0 Å². The SMILES string of the molecule is O=C(CN1CCc2cncnc2C1)NCC1CCCc2ccccc21. The molecule has 0 saturated heterocycles. The number of carbonyl (C=O) groups excluding carboxylic acids is 1. The Morgan fingerprint density at radius 1 is 1.24 bits per heavy atom. The van der Waals surface area contributed by atoms with Crippen molar-refractivity contribution < 1.29 is 4.79 Å². The summed E-state index contributed by atoms with van der Waals surface area (Å²) in [6, 6.07) is 8.65. The quantitative estimate of drug-likeness (QED) is 0.929. The molecule has 130 valence electrons. The van der Waals surface area contributed by atoms with Crippen LogP contribution in [-0.4, -0.2) is 40.4 Å². The monoisotopic (exact) mass is 336 g/mol. The zero-order valence-electron chi connectivity index (χ0n) is 14.4.